The molecule has 4 N–H and O–H groups in total. The molecule has 0 fully saturated rings. The number of alkyl halides is 3. The summed E-state index contributed by atoms with van der Waals surface area (Å²) in [5, 5.41) is 22.1. The van der Waals surface area contributed by atoms with Crippen LogP contribution in [0.5, 0.6) is 11.5 Å². The first-order valence-electron chi connectivity index (χ1n) is 4.65. The lowest BCUT2D eigenvalue weighted by molar-refractivity contribution is -0.137. The number of aromatic hydroxyl groups is 2. The SMILES string of the molecule is Nc1oncc1-c1c(C(F)(F)F)ccc(O)c1O. The van der Waals surface area contributed by atoms with Gasteiger partial charge in [-0.25, -0.2) is 0 Å². The number of hydrogen-bond donors (Lipinski definition) is 3. The molecule has 0 aliphatic carbocycles. The first-order chi connectivity index (χ1) is 8.32. The van der Waals surface area contributed by atoms with E-state index in [4.69, 9.17) is 5.73 Å². The zero-order chi connectivity index (χ0) is 13.5. The van der Waals surface area contributed by atoms with E-state index in [0.29, 0.717) is 6.07 Å². The van der Waals surface area contributed by atoms with Gasteiger partial charge in [0, 0.05) is 5.56 Å². The highest BCUT2D eigenvalue weighted by molar-refractivity contribution is 5.82. The van der Waals surface area contributed by atoms with Crippen LogP contribution in [-0.2, 0) is 6.18 Å². The Bertz CT molecular complexity index is 593. The number of halogens is 3. The predicted molar refractivity (Wildman–Crippen MR) is 54.7 cm³/mol. The van der Waals surface area contributed by atoms with Gasteiger partial charge in [0.1, 0.15) is 0 Å². The number of nitrogens with two attached hydrogens (primary N) is 1. The van der Waals surface area contributed by atoms with Crippen LogP contribution in [0.1, 0.15) is 5.56 Å². The lowest BCUT2D eigenvalue weighted by Gasteiger charge is -2.14. The normalized spacial score (nSPS) is 11.7. The van der Waals surface area contributed by atoms with Crippen LogP contribution >= 0.6 is 0 Å². The second kappa shape index (κ2) is 3.83. The minimum atomic E-state index is -4.72. The van der Waals surface area contributed by atoms with Gasteiger partial charge in [0.25, 0.3) is 0 Å². The van der Waals surface area contributed by atoms with E-state index in [0.717, 1.165) is 12.3 Å². The molecule has 1 heterocycles. The molecule has 0 aliphatic heterocycles. The molecule has 0 aliphatic rings. The number of rotatable bonds is 1. The molecule has 1 aromatic heterocycles. The van der Waals surface area contributed by atoms with E-state index in [2.05, 4.69) is 9.68 Å². The minimum absolute atomic E-state index is 0.240. The zero-order valence-corrected chi connectivity index (χ0v) is 8.69. The number of nitrogens with zero attached hydrogens (tertiary/aromatic N) is 1. The highest BCUT2D eigenvalue weighted by atomic mass is 19.4. The lowest BCUT2D eigenvalue weighted by Crippen LogP contribution is -2.07. The van der Waals surface area contributed by atoms with Crippen molar-refractivity contribution in [3.8, 4) is 22.6 Å². The van der Waals surface area contributed by atoms with Crippen molar-refractivity contribution in [3.63, 3.8) is 0 Å². The Labute approximate surface area is 98.2 Å². The number of nitrogen functional groups attached to an aromatic ring is 1. The highest BCUT2D eigenvalue weighted by Crippen LogP contribution is 2.46. The third kappa shape index (κ3) is 1.81. The molecule has 1 aromatic carbocycles. The average Bonchev–Trinajstić information content (AvgIpc) is 2.66. The van der Waals surface area contributed by atoms with Gasteiger partial charge in [0.05, 0.1) is 17.3 Å². The van der Waals surface area contributed by atoms with E-state index in [9.17, 15) is 23.4 Å². The first-order valence-corrected chi connectivity index (χ1v) is 4.65. The summed E-state index contributed by atoms with van der Waals surface area (Å²) < 4.78 is 42.8. The quantitative estimate of drug-likeness (QED) is 0.684. The molecule has 18 heavy (non-hydrogen) atoms. The molecule has 0 radical (unpaired) electrons. The van der Waals surface area contributed by atoms with Gasteiger partial charge in [0.15, 0.2) is 11.5 Å². The fourth-order valence-electron chi connectivity index (χ4n) is 1.53. The number of aromatic nitrogens is 1. The largest absolute Gasteiger partial charge is 0.504 e. The van der Waals surface area contributed by atoms with Crippen LogP contribution < -0.4 is 5.73 Å². The fourth-order valence-corrected chi connectivity index (χ4v) is 1.53. The van der Waals surface area contributed by atoms with Gasteiger partial charge in [-0.3, -0.25) is 0 Å². The molecule has 5 nitrogen and oxygen atoms in total. The summed E-state index contributed by atoms with van der Waals surface area (Å²) in [7, 11) is 0. The topological polar surface area (TPSA) is 92.5 Å². The standard InChI is InChI=1S/C10H7F3N2O3/c11-10(12,13)5-1-2-6(16)8(17)7(5)4-3-15-18-9(4)14/h1-3,16-17H,14H2. The predicted octanol–water partition coefficient (Wildman–Crippen LogP) is 2.35. The highest BCUT2D eigenvalue weighted by Gasteiger charge is 2.36. The van der Waals surface area contributed by atoms with Crippen LogP contribution in [0.3, 0.4) is 0 Å². The summed E-state index contributed by atoms with van der Waals surface area (Å²) in [6.07, 6.45) is -3.79. The minimum Gasteiger partial charge on any atom is -0.504 e. The van der Waals surface area contributed by atoms with Crippen molar-refractivity contribution < 1.29 is 27.9 Å². The number of benzene rings is 1. The second-order valence-electron chi connectivity index (χ2n) is 3.46. The van der Waals surface area contributed by atoms with E-state index < -0.39 is 28.8 Å². The summed E-state index contributed by atoms with van der Waals surface area (Å²) in [6, 6.07) is 1.38. The smallest absolute Gasteiger partial charge is 0.417 e. The maximum absolute atomic E-state index is 12.8. The second-order valence-corrected chi connectivity index (χ2v) is 3.46. The van der Waals surface area contributed by atoms with Gasteiger partial charge in [-0.05, 0) is 12.1 Å². The van der Waals surface area contributed by atoms with Gasteiger partial charge in [-0.1, -0.05) is 5.16 Å². The van der Waals surface area contributed by atoms with Crippen LogP contribution in [0, 0.1) is 0 Å². The van der Waals surface area contributed by atoms with Crippen LogP contribution in [0.15, 0.2) is 22.9 Å². The van der Waals surface area contributed by atoms with Crippen LogP contribution in [0.4, 0.5) is 19.1 Å². The van der Waals surface area contributed by atoms with E-state index in [-0.39, 0.29) is 11.4 Å². The first kappa shape index (κ1) is 12.1. The summed E-state index contributed by atoms with van der Waals surface area (Å²) in [6.45, 7) is 0. The third-order valence-corrected chi connectivity index (χ3v) is 2.33. The maximum Gasteiger partial charge on any atom is 0.417 e. The van der Waals surface area contributed by atoms with E-state index in [1.54, 1.807) is 0 Å². The van der Waals surface area contributed by atoms with Crippen LogP contribution in [0.2, 0.25) is 0 Å². The van der Waals surface area contributed by atoms with Crippen molar-refractivity contribution in [1.82, 2.24) is 5.16 Å². The lowest BCUT2D eigenvalue weighted by atomic mass is 9.99. The Balaban J connectivity index is 2.79. The average molecular weight is 260 g/mol. The van der Waals surface area contributed by atoms with Gasteiger partial charge >= 0.3 is 6.18 Å². The number of phenolic OH excluding ortho intramolecular Hbond substituents is 2. The third-order valence-electron chi connectivity index (χ3n) is 2.33. The van der Waals surface area contributed by atoms with Crippen molar-refractivity contribution in [2.75, 3.05) is 5.73 Å². The summed E-state index contributed by atoms with van der Waals surface area (Å²) in [5.74, 6) is -2.01. The maximum atomic E-state index is 12.8. The van der Waals surface area contributed by atoms with Crippen LogP contribution in [-0.4, -0.2) is 15.4 Å². The molecule has 0 saturated carbocycles. The Morgan fingerprint density at radius 3 is 2.39 bits per heavy atom. The Morgan fingerprint density at radius 2 is 1.89 bits per heavy atom. The molecule has 2 aromatic rings. The van der Waals surface area contributed by atoms with Crippen molar-refractivity contribution in [3.05, 3.63) is 23.9 Å². The fraction of sp³-hybridized carbons (Fsp3) is 0.100. The van der Waals surface area contributed by atoms with Crippen molar-refractivity contribution in [2.24, 2.45) is 0 Å². The van der Waals surface area contributed by atoms with Crippen LogP contribution in [0.25, 0.3) is 11.1 Å². The molecule has 0 saturated heterocycles. The molecule has 0 unspecified atom stereocenters. The van der Waals surface area contributed by atoms with E-state index in [1.165, 1.54) is 0 Å². The molecular formula is C10H7F3N2O3. The summed E-state index contributed by atoms with van der Waals surface area (Å²) >= 11 is 0. The molecule has 0 atom stereocenters. The molecule has 0 bridgehead atoms. The van der Waals surface area contributed by atoms with Crippen molar-refractivity contribution in [1.29, 1.82) is 0 Å². The molecule has 0 amide bonds. The molecule has 2 rings (SSSR count). The monoisotopic (exact) mass is 260 g/mol. The van der Waals surface area contributed by atoms with Gasteiger partial charge in [-0.15, -0.1) is 0 Å². The number of phenols is 2. The zero-order valence-electron chi connectivity index (χ0n) is 8.69. The summed E-state index contributed by atoms with van der Waals surface area (Å²) in [5.41, 5.74) is 3.26. The molecule has 96 valence electrons. The Morgan fingerprint density at radius 1 is 1.22 bits per heavy atom. The van der Waals surface area contributed by atoms with Gasteiger partial charge in [0.2, 0.25) is 5.88 Å². The Kier molecular flexibility index (Phi) is 2.57. The number of hydrogen-bond acceptors (Lipinski definition) is 5. The van der Waals surface area contributed by atoms with Gasteiger partial charge in [-0.2, -0.15) is 13.2 Å². The number of anilines is 1. The van der Waals surface area contributed by atoms with Crippen molar-refractivity contribution in [2.45, 2.75) is 6.18 Å². The van der Waals surface area contributed by atoms with E-state index in [1.807, 2.05) is 0 Å². The summed E-state index contributed by atoms with van der Waals surface area (Å²) in [4.78, 5) is 0. The molecular weight excluding hydrogens is 253 g/mol. The molecule has 0 spiro atoms. The van der Waals surface area contributed by atoms with Crippen molar-refractivity contribution >= 4 is 5.88 Å². The van der Waals surface area contributed by atoms with Gasteiger partial charge < -0.3 is 20.5 Å². The Hall–Kier alpha value is -2.38. The molecule has 8 heteroatoms. The van der Waals surface area contributed by atoms with E-state index >= 15 is 0 Å².